The number of rotatable bonds is 44. The van der Waals surface area contributed by atoms with E-state index in [1.165, 1.54) is 60.0 Å². The third-order valence-electron chi connectivity index (χ3n) is 22.5. The summed E-state index contributed by atoms with van der Waals surface area (Å²) < 4.78 is 37.8. The SMILES string of the molecule is CN(Cc1csc(C(C)(C)O)n1)C(=O)N[C@@H](CCN1CCOCC1)C(=O)N[C@H](CC[C@H](Cc1ccccc1)NC(=O)OCc1cncs1)Cc1ccccc1.CN(Cc1csc(C(C)(C)O)n1)C(=O)N[C@@H](CCN1CCOCC1)C(=O)O.CN(Cc1csc(C(C)(C)O)n1)C(=O)N[C@@H](CCN1CCOCC1)C(=O)OCc1ccccc1.I.II.I[I-]I.O=C(OCc1ccccc1)[C@H](CCN1CCOCC1)NCl. The van der Waals surface area contributed by atoms with Gasteiger partial charge in [0.2, 0.25) is 5.91 Å². The van der Waals surface area contributed by atoms with E-state index >= 15 is 0 Å². The number of alkyl carbamates (subject to hydrolysis) is 1. The zero-order chi connectivity index (χ0) is 103. The van der Waals surface area contributed by atoms with Gasteiger partial charge < -0.3 is 94.9 Å². The van der Waals surface area contributed by atoms with Crippen molar-refractivity contribution in [3.8, 4) is 0 Å². The molecule has 10 N–H and O–H groups in total. The van der Waals surface area contributed by atoms with E-state index < -0.39 is 71.1 Å². The number of carboxylic acids is 1. The van der Waals surface area contributed by atoms with Crippen LogP contribution in [0.4, 0.5) is 19.2 Å². The van der Waals surface area contributed by atoms with Crippen LogP contribution in [0, 0.1) is 0 Å². The van der Waals surface area contributed by atoms with Crippen molar-refractivity contribution in [2.24, 2.45) is 0 Å². The Hall–Kier alpha value is -5.45. The summed E-state index contributed by atoms with van der Waals surface area (Å²) in [6, 6.07) is 34.1. The molecule has 0 unspecified atom stereocenters. The maximum atomic E-state index is 14.2. The number of carboxylic acid groups (broad SMARTS) is 1. The number of benzene rings is 4. The van der Waals surface area contributed by atoms with Gasteiger partial charge in [0.1, 0.15) is 75.8 Å². The van der Waals surface area contributed by atoms with Gasteiger partial charge in [-0.25, -0.2) is 48.6 Å². The molecule has 0 saturated carbocycles. The number of carbonyl (C=O) groups is 8. The van der Waals surface area contributed by atoms with Crippen molar-refractivity contribution >= 4 is 204 Å². The van der Waals surface area contributed by atoms with Gasteiger partial charge >= 0.3 is 92.6 Å². The number of esters is 2. The molecule has 0 spiro atoms. The monoisotopic (exact) mass is 2760 g/mol. The molecule has 4 saturated heterocycles. The molecule has 0 bridgehead atoms. The van der Waals surface area contributed by atoms with Crippen molar-refractivity contribution in [2.75, 3.05) is 153 Å². The number of nitrogens with zero attached hydrogens (tertiary/aromatic N) is 11. The van der Waals surface area contributed by atoms with Crippen LogP contribution in [-0.4, -0.2) is 311 Å². The van der Waals surface area contributed by atoms with E-state index in [0.29, 0.717) is 156 Å². The summed E-state index contributed by atoms with van der Waals surface area (Å²) in [5, 5.41) is 61.7. The smallest absolute Gasteiger partial charge is 0.324 e. The molecule has 47 heteroatoms. The zero-order valence-corrected chi connectivity index (χ0v) is 99.2. The topological polar surface area (TPSA) is 429 Å². The van der Waals surface area contributed by atoms with Crippen molar-refractivity contribution in [1.82, 2.24) is 85.7 Å². The molecule has 143 heavy (non-hydrogen) atoms. The Balaban J connectivity index is 0.000000305. The number of thiazole rings is 4. The normalized spacial score (nSPS) is 15.4. The first-order valence-corrected chi connectivity index (χ1v) is 69.3. The summed E-state index contributed by atoms with van der Waals surface area (Å²) in [6.07, 6.45) is 5.25. The molecule has 4 fully saturated rings. The second kappa shape index (κ2) is 69.8. The Morgan fingerprint density at radius 1 is 0.441 bits per heavy atom. The van der Waals surface area contributed by atoms with Gasteiger partial charge in [0.05, 0.1) is 100.0 Å². The number of amides is 8. The molecule has 8 amide bonds. The molecule has 8 heterocycles. The molecule has 36 nitrogen and oxygen atoms in total. The minimum Gasteiger partial charge on any atom is -0.460 e. The van der Waals surface area contributed by atoms with E-state index in [4.69, 9.17) is 44.9 Å². The van der Waals surface area contributed by atoms with Crippen LogP contribution in [0.3, 0.4) is 0 Å². The number of aliphatic carboxylic acids is 1. The maximum Gasteiger partial charge on any atom is 0.324 e. The molecule has 0 aliphatic carbocycles. The Morgan fingerprint density at radius 2 is 0.748 bits per heavy atom. The first-order valence-electron chi connectivity index (χ1n) is 46.6. The van der Waals surface area contributed by atoms with Gasteiger partial charge in [-0.15, -0.1) is 69.3 Å². The van der Waals surface area contributed by atoms with Gasteiger partial charge in [0.25, 0.3) is 0 Å². The van der Waals surface area contributed by atoms with Crippen LogP contribution in [0.2, 0.25) is 0 Å². The first kappa shape index (κ1) is 126. The first-order chi connectivity index (χ1) is 68.1. The summed E-state index contributed by atoms with van der Waals surface area (Å²) in [4.78, 5) is 136. The van der Waals surface area contributed by atoms with E-state index in [1.54, 1.807) is 79.8 Å². The molecule has 4 aromatic carbocycles. The van der Waals surface area contributed by atoms with Crippen LogP contribution in [-0.2, 0) is 121 Å². The van der Waals surface area contributed by atoms with E-state index in [1.807, 2.05) is 132 Å². The third-order valence-corrected chi connectivity index (χ3v) is 27.1. The third kappa shape index (κ3) is 50.8. The number of aromatic nitrogens is 4. The summed E-state index contributed by atoms with van der Waals surface area (Å²) in [7, 11) is 4.89. The number of urea groups is 3. The van der Waals surface area contributed by atoms with Crippen molar-refractivity contribution in [3.63, 3.8) is 0 Å². The van der Waals surface area contributed by atoms with E-state index in [2.05, 4.69) is 145 Å². The average molecular weight is 2760 g/mol. The standard InChI is InChI=1S/C40H53N7O6S2.C24H34N4O5S.C17H28N4O5S.C15H21ClN2O3.I3.I2.HI/c1-40(2,51)37-43-33(27-54-37)25-46(3)38(49)45-35(16-17-47-18-20-52-21-19-47)36(48)42-31(22-29-10-6-4-7-11-29)14-15-32(23-30-12-8-5-9-13-30)44-39(50)53-26-34-24-41-28-55-34;1-24(2,31)22-25-19(17-34-22)15-27(3)23(30)26-20(9-10-28-11-13-32-14-12-28)21(29)33-16-18-7-5-4-6-8-18;1-17(2,25)15-18-12(11-27-15)10-20(3)16(24)19-13(14(22)23)4-5-21-6-8-26-9-7-21;16-17-14(6-7-18-8-10-20-11-9-18)15(19)21-12-13-4-2-1-3-5-13;1-3-2;1-2;/h4-13,24,27-28,31-32,35,51H,14-23,25-26H2,1-3H3,(H,42,48)(H,44,50)(H,45,49);4-8,17,20,31H,9-16H2,1-3H3,(H,26,30);11,13,25H,4-10H2,1-3H3,(H,19,24)(H,22,23);1-5,14,17H,6-12H2;;;1H/q;;;;-1;;/t31-,32-,35+;20-;13-;14-;;;/m1000.../s1. The van der Waals surface area contributed by atoms with Crippen LogP contribution in [0.1, 0.15) is 139 Å². The predicted molar refractivity (Wildman–Crippen MR) is 596 cm³/mol. The quantitative estimate of drug-likeness (QED) is 0.00734. The fraction of sp³-hybridized carbons (Fsp3) is 0.542. The van der Waals surface area contributed by atoms with Gasteiger partial charge in [0.15, 0.2) is 0 Å². The molecular formula is C96H137ClI6N17O19S4-. The molecule has 8 aromatic rings. The largest absolute Gasteiger partial charge is 0.460 e. The molecule has 0 radical (unpaired) electrons. The summed E-state index contributed by atoms with van der Waals surface area (Å²) in [6.45, 7) is 25.7. The van der Waals surface area contributed by atoms with Crippen LogP contribution in [0.25, 0.3) is 0 Å². The summed E-state index contributed by atoms with van der Waals surface area (Å²) in [5.41, 5.74) is 4.53. The van der Waals surface area contributed by atoms with Crippen molar-refractivity contribution in [1.29, 1.82) is 0 Å². The van der Waals surface area contributed by atoms with Gasteiger partial charge in [-0.2, -0.15) is 0 Å². The number of hydrogen-bond acceptors (Lipinski definition) is 31. The molecular weight excluding hydrogens is 2620 g/mol. The minimum atomic E-state index is -1.08. The van der Waals surface area contributed by atoms with Gasteiger partial charge in [-0.05, 0) is 127 Å². The molecule has 794 valence electrons. The van der Waals surface area contributed by atoms with Gasteiger partial charge in [-0.1, -0.05) is 121 Å². The van der Waals surface area contributed by atoms with Crippen LogP contribution in [0.15, 0.2) is 149 Å². The fourth-order valence-corrected chi connectivity index (χ4v) is 17.7. The van der Waals surface area contributed by atoms with Crippen LogP contribution in [0.5, 0.6) is 0 Å². The summed E-state index contributed by atoms with van der Waals surface area (Å²) in [5.74, 6) is -2.10. The number of halogens is 7. The minimum absolute atomic E-state index is 0. The van der Waals surface area contributed by atoms with Gasteiger partial charge in [-0.3, -0.25) is 34.2 Å². The molecule has 6 atom stereocenters. The molecule has 12 rings (SSSR count). The Bertz CT molecular complexity index is 4920. The summed E-state index contributed by atoms with van der Waals surface area (Å²) >= 11 is 20.6. The molecule has 4 aliphatic rings. The van der Waals surface area contributed by atoms with Crippen LogP contribution < -0.4 is 44.7 Å². The predicted octanol–water partition coefficient (Wildman–Crippen LogP) is 10.9. The molecule has 4 aromatic heterocycles. The Morgan fingerprint density at radius 3 is 1.07 bits per heavy atom. The number of ether oxygens (including phenoxy) is 7. The number of hydrogen-bond donors (Lipinski definition) is 10. The number of morpholine rings is 4. The Labute approximate surface area is 930 Å². The maximum absolute atomic E-state index is 14.2. The fourth-order valence-electron chi connectivity index (χ4n) is 14.5. The van der Waals surface area contributed by atoms with E-state index in [-0.39, 0.29) is 93.4 Å². The number of nitrogens with one attached hydrogen (secondary N) is 6. The van der Waals surface area contributed by atoms with Crippen molar-refractivity contribution in [3.05, 3.63) is 208 Å². The van der Waals surface area contributed by atoms with Gasteiger partial charge in [0, 0.05) is 171 Å². The second-order valence-corrected chi connectivity index (χ2v) is 55.5. The number of aliphatic hydroxyl groups is 3. The van der Waals surface area contributed by atoms with E-state index in [0.717, 1.165) is 99.2 Å². The second-order valence-electron chi connectivity index (χ2n) is 35.4. The Kier molecular flexibility index (Phi) is 61.6. The molecule has 4 aliphatic heterocycles. The number of carbonyl (C=O) groups excluding carboxylic acids is 7. The van der Waals surface area contributed by atoms with Crippen LogP contribution >= 0.6 is 156 Å². The van der Waals surface area contributed by atoms with Crippen molar-refractivity contribution in [2.45, 2.75) is 185 Å². The average Bonchev–Trinajstić information content (AvgIpc) is 1.74. The van der Waals surface area contributed by atoms with Crippen molar-refractivity contribution < 1.29 is 105 Å². The van der Waals surface area contributed by atoms with E-state index in [9.17, 15) is 58.8 Å². The zero-order valence-electron chi connectivity index (χ0n) is 82.1.